The molecule has 0 aliphatic carbocycles. The number of likely N-dealkylation sites (tertiary alicyclic amines) is 1. The van der Waals surface area contributed by atoms with Crippen molar-refractivity contribution in [1.29, 1.82) is 0 Å². The number of aliphatic hydroxyl groups excluding tert-OH is 1. The van der Waals surface area contributed by atoms with E-state index in [1.807, 2.05) is 0 Å². The van der Waals surface area contributed by atoms with Gasteiger partial charge in [0.15, 0.2) is 11.6 Å². The Morgan fingerprint density at radius 1 is 1.24 bits per heavy atom. The Morgan fingerprint density at radius 2 is 2.08 bits per heavy atom. The molecule has 1 aliphatic rings. The summed E-state index contributed by atoms with van der Waals surface area (Å²) in [5.41, 5.74) is 1.33. The van der Waals surface area contributed by atoms with Gasteiger partial charge in [-0.15, -0.1) is 0 Å². The van der Waals surface area contributed by atoms with Gasteiger partial charge in [0.25, 0.3) is 5.91 Å². The summed E-state index contributed by atoms with van der Waals surface area (Å²) in [5, 5.41) is 14.1. The molecule has 128 valence electrons. The Hall–Kier alpha value is -2.87. The van der Waals surface area contributed by atoms with Crippen LogP contribution in [0.25, 0.3) is 5.52 Å². The summed E-state index contributed by atoms with van der Waals surface area (Å²) in [6.45, 7) is 0.111. The second-order valence-corrected chi connectivity index (χ2v) is 6.00. The molecular weight excluding hydrogens is 330 g/mol. The van der Waals surface area contributed by atoms with Crippen LogP contribution >= 0.6 is 0 Å². The van der Waals surface area contributed by atoms with Crippen molar-refractivity contribution >= 4 is 11.4 Å². The van der Waals surface area contributed by atoms with E-state index in [9.17, 15) is 18.7 Å². The van der Waals surface area contributed by atoms with E-state index in [0.717, 1.165) is 12.1 Å². The third kappa shape index (κ3) is 2.64. The molecule has 0 unspecified atom stereocenters. The van der Waals surface area contributed by atoms with E-state index >= 15 is 0 Å². The molecule has 1 amide bonds. The number of fused-ring (bicyclic) bond motifs is 1. The van der Waals surface area contributed by atoms with Gasteiger partial charge in [0.1, 0.15) is 0 Å². The van der Waals surface area contributed by atoms with Crippen molar-refractivity contribution in [3.05, 3.63) is 65.7 Å². The number of rotatable bonds is 2. The summed E-state index contributed by atoms with van der Waals surface area (Å²) in [4.78, 5) is 18.4. The van der Waals surface area contributed by atoms with E-state index in [2.05, 4.69) is 10.1 Å². The van der Waals surface area contributed by atoms with Crippen LogP contribution < -0.4 is 0 Å². The van der Waals surface area contributed by atoms with Gasteiger partial charge in [0.05, 0.1) is 35.6 Å². The lowest BCUT2D eigenvalue weighted by Gasteiger charge is -2.24. The smallest absolute Gasteiger partial charge is 0.258 e. The van der Waals surface area contributed by atoms with Gasteiger partial charge >= 0.3 is 0 Å². The van der Waals surface area contributed by atoms with Crippen molar-refractivity contribution in [1.82, 2.24) is 19.5 Å². The maximum Gasteiger partial charge on any atom is 0.258 e. The first-order valence-electron chi connectivity index (χ1n) is 7.76. The van der Waals surface area contributed by atoms with Crippen molar-refractivity contribution in [2.75, 3.05) is 6.54 Å². The molecule has 0 radical (unpaired) electrons. The van der Waals surface area contributed by atoms with Crippen LogP contribution in [0, 0.1) is 11.6 Å². The number of carbonyl (C=O) groups is 1. The van der Waals surface area contributed by atoms with E-state index < -0.39 is 23.8 Å². The molecule has 8 heteroatoms. The molecule has 2 aromatic heterocycles. The zero-order valence-corrected chi connectivity index (χ0v) is 13.0. The predicted octanol–water partition coefficient (Wildman–Crippen LogP) is 1.96. The summed E-state index contributed by atoms with van der Waals surface area (Å²) in [7, 11) is 0. The maximum absolute atomic E-state index is 13.6. The van der Waals surface area contributed by atoms with Crippen LogP contribution in [0.4, 0.5) is 8.78 Å². The number of aliphatic hydroxyl groups is 1. The summed E-state index contributed by atoms with van der Waals surface area (Å²) >= 11 is 0. The first-order chi connectivity index (χ1) is 12.0. The lowest BCUT2D eigenvalue weighted by atomic mass is 10.0. The minimum atomic E-state index is -0.980. The quantitative estimate of drug-likeness (QED) is 0.771. The van der Waals surface area contributed by atoms with Crippen molar-refractivity contribution in [2.24, 2.45) is 0 Å². The Morgan fingerprint density at radius 3 is 2.88 bits per heavy atom. The zero-order valence-electron chi connectivity index (χ0n) is 13.0. The number of β-amino-alcohol motifs (C(OH)–C–C–N with tert-alkyl or cyclic N) is 1. The summed E-state index contributed by atoms with van der Waals surface area (Å²) in [5.74, 6) is -2.27. The van der Waals surface area contributed by atoms with Gasteiger partial charge in [-0.2, -0.15) is 5.10 Å². The number of nitrogens with zero attached hydrogens (tertiary/aromatic N) is 4. The molecule has 6 nitrogen and oxygen atoms in total. The van der Waals surface area contributed by atoms with Gasteiger partial charge in [0.2, 0.25) is 0 Å². The lowest BCUT2D eigenvalue weighted by Crippen LogP contribution is -2.31. The fourth-order valence-corrected chi connectivity index (χ4v) is 3.23. The molecule has 25 heavy (non-hydrogen) atoms. The summed E-state index contributed by atoms with van der Waals surface area (Å²) < 4.78 is 28.3. The summed E-state index contributed by atoms with van der Waals surface area (Å²) in [6, 6.07) is 2.98. The molecule has 3 aromatic rings. The number of hydrogen-bond acceptors (Lipinski definition) is 4. The highest BCUT2D eigenvalue weighted by molar-refractivity contribution is 6.00. The molecule has 2 atom stereocenters. The molecule has 1 N–H and O–H groups in total. The van der Waals surface area contributed by atoms with Crippen LogP contribution in [-0.4, -0.2) is 43.2 Å². The topological polar surface area (TPSA) is 70.7 Å². The van der Waals surface area contributed by atoms with E-state index in [1.54, 1.807) is 12.4 Å². The molecule has 4 rings (SSSR count). The molecular formula is C17H14F2N4O2. The Labute approximate surface area is 141 Å². The SMILES string of the molecule is O=C(c1cnn2ccncc12)N1C[C@@H](O)C[C@@H]1c1ccc(F)c(F)c1. The second-order valence-electron chi connectivity index (χ2n) is 6.00. The number of aromatic nitrogens is 3. The molecule has 1 saturated heterocycles. The van der Waals surface area contributed by atoms with Crippen LogP contribution in [0.5, 0.6) is 0 Å². The number of amides is 1. The average molecular weight is 344 g/mol. The van der Waals surface area contributed by atoms with Gasteiger partial charge in [0, 0.05) is 18.9 Å². The first kappa shape index (κ1) is 15.6. The highest BCUT2D eigenvalue weighted by Crippen LogP contribution is 2.34. The number of halogens is 2. The number of hydrogen-bond donors (Lipinski definition) is 1. The van der Waals surface area contributed by atoms with Gasteiger partial charge in [-0.25, -0.2) is 13.3 Å². The molecule has 1 aliphatic heterocycles. The Balaban J connectivity index is 1.72. The van der Waals surface area contributed by atoms with Crippen LogP contribution in [0.1, 0.15) is 28.4 Å². The first-order valence-corrected chi connectivity index (χ1v) is 7.76. The minimum Gasteiger partial charge on any atom is -0.391 e. The van der Waals surface area contributed by atoms with Crippen LogP contribution in [-0.2, 0) is 0 Å². The molecule has 1 fully saturated rings. The van der Waals surface area contributed by atoms with Crippen molar-refractivity contribution < 1.29 is 18.7 Å². The van der Waals surface area contributed by atoms with Crippen molar-refractivity contribution in [2.45, 2.75) is 18.6 Å². The molecule has 0 saturated carbocycles. The third-order valence-electron chi connectivity index (χ3n) is 4.42. The predicted molar refractivity (Wildman–Crippen MR) is 83.7 cm³/mol. The molecule has 0 spiro atoms. The van der Waals surface area contributed by atoms with Gasteiger partial charge < -0.3 is 10.0 Å². The van der Waals surface area contributed by atoms with Crippen molar-refractivity contribution in [3.8, 4) is 0 Å². The molecule has 3 heterocycles. The second kappa shape index (κ2) is 5.89. The van der Waals surface area contributed by atoms with Crippen LogP contribution in [0.2, 0.25) is 0 Å². The minimum absolute atomic E-state index is 0.111. The monoisotopic (exact) mass is 344 g/mol. The van der Waals surface area contributed by atoms with E-state index in [1.165, 1.54) is 27.9 Å². The standard InChI is InChI=1S/C17H14F2N4O2/c18-13-2-1-10(5-14(13)19)15-6-11(24)9-22(15)17(25)12-7-21-23-4-3-20-8-16(12)23/h1-5,7-8,11,15,24H,6,9H2/t11-,15+/m0/s1. The van der Waals surface area contributed by atoms with Gasteiger partial charge in [-0.3, -0.25) is 9.78 Å². The highest BCUT2D eigenvalue weighted by atomic mass is 19.2. The highest BCUT2D eigenvalue weighted by Gasteiger charge is 2.37. The average Bonchev–Trinajstić information content (AvgIpc) is 3.20. The van der Waals surface area contributed by atoms with Gasteiger partial charge in [-0.1, -0.05) is 6.07 Å². The fraction of sp³-hybridized carbons (Fsp3) is 0.235. The van der Waals surface area contributed by atoms with E-state index in [4.69, 9.17) is 0 Å². The molecule has 1 aromatic carbocycles. The maximum atomic E-state index is 13.6. The summed E-state index contributed by atoms with van der Waals surface area (Å²) in [6.07, 6.45) is 5.66. The van der Waals surface area contributed by atoms with Crippen LogP contribution in [0.3, 0.4) is 0 Å². The Bertz CT molecular complexity index is 959. The number of benzene rings is 1. The van der Waals surface area contributed by atoms with Crippen molar-refractivity contribution in [3.63, 3.8) is 0 Å². The third-order valence-corrected chi connectivity index (χ3v) is 4.42. The number of carbonyl (C=O) groups excluding carboxylic acids is 1. The zero-order chi connectivity index (χ0) is 17.6. The lowest BCUT2D eigenvalue weighted by molar-refractivity contribution is 0.0717. The fourth-order valence-electron chi connectivity index (χ4n) is 3.23. The largest absolute Gasteiger partial charge is 0.391 e. The van der Waals surface area contributed by atoms with E-state index in [0.29, 0.717) is 16.6 Å². The normalized spacial score (nSPS) is 20.4. The Kier molecular flexibility index (Phi) is 3.69. The van der Waals surface area contributed by atoms with E-state index in [-0.39, 0.29) is 18.9 Å². The van der Waals surface area contributed by atoms with Crippen LogP contribution in [0.15, 0.2) is 43.0 Å². The van der Waals surface area contributed by atoms with Gasteiger partial charge in [-0.05, 0) is 24.1 Å². The molecule has 0 bridgehead atoms.